The van der Waals surface area contributed by atoms with Crippen molar-refractivity contribution in [3.8, 4) is 34.1 Å². The molecule has 2 aromatic carbocycles. The van der Waals surface area contributed by atoms with Crippen LogP contribution in [0.15, 0.2) is 82.6 Å². The molecule has 0 fully saturated rings. The number of hydrogen-bond acceptors (Lipinski definition) is 9. The molecule has 11 nitrogen and oxygen atoms in total. The molecule has 0 aliphatic rings. The van der Waals surface area contributed by atoms with Gasteiger partial charge in [-0.2, -0.15) is 4.98 Å². The average molecular weight is 535 g/mol. The van der Waals surface area contributed by atoms with Gasteiger partial charge in [0, 0.05) is 31.0 Å². The molecule has 3 aromatic heterocycles. The summed E-state index contributed by atoms with van der Waals surface area (Å²) in [4.78, 5) is 13.8. The third-order valence-electron chi connectivity index (χ3n) is 5.80. The molecule has 12 heteroatoms. The fourth-order valence-electron chi connectivity index (χ4n) is 3.91. The smallest absolute Gasteiger partial charge is 0.306 e. The summed E-state index contributed by atoms with van der Waals surface area (Å²) < 4.78 is 45.4. The highest BCUT2D eigenvalue weighted by Crippen LogP contribution is 2.33. The van der Waals surface area contributed by atoms with E-state index in [0.29, 0.717) is 47.6 Å². The molecular formula is C26H26N6O5S. The minimum atomic E-state index is -3.61. The van der Waals surface area contributed by atoms with Gasteiger partial charge < -0.3 is 19.2 Å². The number of hydrogen-bond donors (Lipinski definition) is 2. The normalized spacial score (nSPS) is 11.5. The van der Waals surface area contributed by atoms with E-state index < -0.39 is 10.0 Å². The van der Waals surface area contributed by atoms with Gasteiger partial charge in [-0.3, -0.25) is 4.40 Å². The van der Waals surface area contributed by atoms with Crippen molar-refractivity contribution in [2.75, 3.05) is 32.6 Å². The van der Waals surface area contributed by atoms with E-state index in [4.69, 9.17) is 13.9 Å². The van der Waals surface area contributed by atoms with Gasteiger partial charge in [0.1, 0.15) is 29.2 Å². The van der Waals surface area contributed by atoms with Crippen LogP contribution in [0.4, 0.5) is 5.95 Å². The molecule has 38 heavy (non-hydrogen) atoms. The van der Waals surface area contributed by atoms with Gasteiger partial charge in [-0.25, -0.2) is 23.1 Å². The maximum Gasteiger partial charge on any atom is 0.306 e. The fourth-order valence-corrected chi connectivity index (χ4v) is 4.99. The number of aromatic nitrogens is 4. The Morgan fingerprint density at radius 1 is 0.974 bits per heavy atom. The standard InChI is InChI=1S/C26H26N6O5S/c1-35-19-7-9-21(10-8-19)38(33,34)29-13-4-12-27-25-28-14-11-22(30-25)24-23(31-26-32(24)15-16-37-26)18-5-3-6-20(17-18)36-2/h3,5-11,14-17,29H,4,12-13H2,1-2H3,(H,27,28,30). The first-order chi connectivity index (χ1) is 18.5. The van der Waals surface area contributed by atoms with Crippen LogP contribution in [-0.2, 0) is 10.0 Å². The Morgan fingerprint density at radius 2 is 1.79 bits per heavy atom. The van der Waals surface area contributed by atoms with Crippen molar-refractivity contribution in [1.82, 2.24) is 24.1 Å². The van der Waals surface area contributed by atoms with Crippen LogP contribution in [0.1, 0.15) is 6.42 Å². The number of methoxy groups -OCH3 is 2. The number of fused-ring (bicyclic) bond motifs is 1. The van der Waals surface area contributed by atoms with Gasteiger partial charge in [0.2, 0.25) is 16.0 Å². The first kappa shape index (κ1) is 25.2. The molecule has 0 unspecified atom stereocenters. The van der Waals surface area contributed by atoms with E-state index in [1.54, 1.807) is 44.0 Å². The molecule has 3 heterocycles. The molecule has 5 rings (SSSR count). The van der Waals surface area contributed by atoms with E-state index in [9.17, 15) is 8.42 Å². The monoisotopic (exact) mass is 534 g/mol. The molecule has 0 radical (unpaired) electrons. The lowest BCUT2D eigenvalue weighted by Gasteiger charge is -2.09. The molecule has 5 aromatic rings. The molecule has 0 aliphatic heterocycles. The van der Waals surface area contributed by atoms with Crippen molar-refractivity contribution >= 4 is 21.8 Å². The maximum atomic E-state index is 12.5. The summed E-state index contributed by atoms with van der Waals surface area (Å²) in [5.74, 6) is 2.16. The minimum Gasteiger partial charge on any atom is -0.497 e. The van der Waals surface area contributed by atoms with Crippen molar-refractivity contribution in [1.29, 1.82) is 0 Å². The summed E-state index contributed by atoms with van der Waals surface area (Å²) in [6.45, 7) is 0.712. The second kappa shape index (κ2) is 10.9. The van der Waals surface area contributed by atoms with Crippen molar-refractivity contribution in [2.45, 2.75) is 11.3 Å². The third-order valence-corrected chi connectivity index (χ3v) is 7.28. The van der Waals surface area contributed by atoms with Crippen molar-refractivity contribution in [2.24, 2.45) is 0 Å². The van der Waals surface area contributed by atoms with Crippen LogP contribution in [0.5, 0.6) is 11.5 Å². The number of imidazole rings is 1. The molecule has 0 spiro atoms. The number of nitrogens with zero attached hydrogens (tertiary/aromatic N) is 4. The molecule has 196 valence electrons. The van der Waals surface area contributed by atoms with Crippen molar-refractivity contribution in [3.05, 3.63) is 73.3 Å². The molecule has 0 aliphatic carbocycles. The van der Waals surface area contributed by atoms with Gasteiger partial charge in [0.05, 0.1) is 24.8 Å². The van der Waals surface area contributed by atoms with Crippen LogP contribution >= 0.6 is 0 Å². The lowest BCUT2D eigenvalue weighted by Crippen LogP contribution is -2.26. The van der Waals surface area contributed by atoms with E-state index in [2.05, 4.69) is 25.0 Å². The summed E-state index contributed by atoms with van der Waals surface area (Å²) in [6.07, 6.45) is 5.53. The van der Waals surface area contributed by atoms with Crippen LogP contribution in [0.2, 0.25) is 0 Å². The van der Waals surface area contributed by atoms with Gasteiger partial charge in [0.15, 0.2) is 0 Å². The van der Waals surface area contributed by atoms with E-state index in [1.165, 1.54) is 19.2 Å². The van der Waals surface area contributed by atoms with Crippen LogP contribution in [0.25, 0.3) is 28.5 Å². The third kappa shape index (κ3) is 5.31. The largest absolute Gasteiger partial charge is 0.497 e. The van der Waals surface area contributed by atoms with E-state index >= 15 is 0 Å². The summed E-state index contributed by atoms with van der Waals surface area (Å²) in [5.41, 5.74) is 2.95. The van der Waals surface area contributed by atoms with Gasteiger partial charge >= 0.3 is 5.84 Å². The van der Waals surface area contributed by atoms with Crippen molar-refractivity contribution in [3.63, 3.8) is 0 Å². The predicted octanol–water partition coefficient (Wildman–Crippen LogP) is 3.85. The number of sulfonamides is 1. The summed E-state index contributed by atoms with van der Waals surface area (Å²) >= 11 is 0. The zero-order chi connectivity index (χ0) is 26.5. The molecule has 0 amide bonds. The van der Waals surface area contributed by atoms with E-state index in [-0.39, 0.29) is 11.4 Å². The molecule has 0 atom stereocenters. The second-order valence-corrected chi connectivity index (χ2v) is 9.98. The molecule has 0 saturated heterocycles. The first-order valence-electron chi connectivity index (χ1n) is 11.8. The molecular weight excluding hydrogens is 508 g/mol. The highest BCUT2D eigenvalue weighted by molar-refractivity contribution is 7.89. The Hall–Kier alpha value is -4.42. The zero-order valence-electron chi connectivity index (χ0n) is 20.8. The number of ether oxygens (including phenoxy) is 2. The van der Waals surface area contributed by atoms with E-state index in [1.807, 2.05) is 28.7 Å². The summed E-state index contributed by atoms with van der Waals surface area (Å²) in [5, 5.41) is 3.16. The van der Waals surface area contributed by atoms with Gasteiger partial charge in [-0.1, -0.05) is 12.1 Å². The maximum absolute atomic E-state index is 12.5. The number of anilines is 1. The Morgan fingerprint density at radius 3 is 2.58 bits per heavy atom. The van der Waals surface area contributed by atoms with Crippen LogP contribution in [0.3, 0.4) is 0 Å². The highest BCUT2D eigenvalue weighted by atomic mass is 32.2. The van der Waals surface area contributed by atoms with Gasteiger partial charge in [-0.15, -0.1) is 0 Å². The van der Waals surface area contributed by atoms with Crippen LogP contribution < -0.4 is 19.5 Å². The second-order valence-electron chi connectivity index (χ2n) is 8.22. The quantitative estimate of drug-likeness (QED) is 0.242. The van der Waals surface area contributed by atoms with E-state index in [0.717, 1.165) is 11.3 Å². The first-order valence-corrected chi connectivity index (χ1v) is 13.3. The molecule has 2 N–H and O–H groups in total. The van der Waals surface area contributed by atoms with Gasteiger partial charge in [0.25, 0.3) is 0 Å². The molecule has 0 saturated carbocycles. The zero-order valence-corrected chi connectivity index (χ0v) is 21.6. The number of nitrogens with one attached hydrogen (secondary N) is 2. The summed E-state index contributed by atoms with van der Waals surface area (Å²) in [6, 6.07) is 15.6. The fraction of sp³-hybridized carbons (Fsp3) is 0.192. The predicted molar refractivity (Wildman–Crippen MR) is 142 cm³/mol. The Labute approximate surface area is 219 Å². The summed E-state index contributed by atoms with van der Waals surface area (Å²) in [7, 11) is -0.465. The van der Waals surface area contributed by atoms with Gasteiger partial charge in [-0.05, 0) is 48.9 Å². The van der Waals surface area contributed by atoms with Crippen LogP contribution in [0, 0.1) is 0 Å². The Bertz CT molecular complexity index is 1650. The highest BCUT2D eigenvalue weighted by Gasteiger charge is 2.20. The van der Waals surface area contributed by atoms with Crippen molar-refractivity contribution < 1.29 is 22.3 Å². The average Bonchev–Trinajstić information content (AvgIpc) is 3.55. The lowest BCUT2D eigenvalue weighted by atomic mass is 10.1. The minimum absolute atomic E-state index is 0.181. The van der Waals surface area contributed by atoms with Crippen LogP contribution in [-0.4, -0.2) is 55.1 Å². The molecule has 0 bridgehead atoms. The Kier molecular flexibility index (Phi) is 7.24. The lowest BCUT2D eigenvalue weighted by molar-refractivity contribution is 0.414. The SMILES string of the molecule is COc1ccc(S(=O)(=O)NCCCNc2nccc(-c3c(-c4cccc(OC)c4)nc4occn34)n2)cc1. The topological polar surface area (TPSA) is 133 Å². The number of benzene rings is 2. The number of oxazole rings is 1. The Balaban J connectivity index is 1.27. The number of rotatable bonds is 11.